The summed E-state index contributed by atoms with van der Waals surface area (Å²) in [5.41, 5.74) is -1.39. The predicted molar refractivity (Wildman–Crippen MR) is 159 cm³/mol. The summed E-state index contributed by atoms with van der Waals surface area (Å²) in [4.78, 5) is 18.5. The number of benzene rings is 1. The Hall–Kier alpha value is -3.27. The number of ether oxygens (including phenoxy) is 3. The predicted octanol–water partition coefficient (Wildman–Crippen LogP) is 6.67. The zero-order valence-electron chi connectivity index (χ0n) is 25.4. The highest BCUT2D eigenvalue weighted by atomic mass is 28.3. The zero-order chi connectivity index (χ0) is 32.2. The topological polar surface area (TPSA) is 89.9 Å². The van der Waals surface area contributed by atoms with Gasteiger partial charge in [0.25, 0.3) is 0 Å². The number of hydrogen-bond acceptors (Lipinski definition) is 6. The molecular formula is C29H38F5N5O4Si. The number of amides is 2. The first-order chi connectivity index (χ1) is 20.6. The number of aromatic nitrogens is 2. The van der Waals surface area contributed by atoms with Crippen LogP contribution in [0.2, 0.25) is 25.7 Å². The highest BCUT2D eigenvalue weighted by molar-refractivity contribution is 6.76. The van der Waals surface area contributed by atoms with Crippen molar-refractivity contribution in [3.05, 3.63) is 47.8 Å². The molecule has 0 bridgehead atoms. The molecule has 2 unspecified atom stereocenters. The van der Waals surface area contributed by atoms with E-state index in [1.165, 1.54) is 10.8 Å². The minimum atomic E-state index is -4.81. The second kappa shape index (κ2) is 13.8. The molecule has 242 valence electrons. The third kappa shape index (κ3) is 8.89. The van der Waals surface area contributed by atoms with Gasteiger partial charge in [-0.1, -0.05) is 19.6 Å². The SMILES string of the molecule is CC1CN(CCNC(=O)Nc2cc(F)c(Oc3ccnc4c3c(C(F)(F)F)cn4COCC[Si](C)(C)C)c(F)c2)CC(C)O1. The molecule has 0 aliphatic carbocycles. The molecule has 4 rings (SSSR count). The molecule has 9 nitrogen and oxygen atoms in total. The molecule has 15 heteroatoms. The summed E-state index contributed by atoms with van der Waals surface area (Å²) in [5.74, 6) is -3.80. The van der Waals surface area contributed by atoms with Gasteiger partial charge in [-0.3, -0.25) is 4.90 Å². The molecule has 1 saturated heterocycles. The van der Waals surface area contributed by atoms with Crippen LogP contribution in [0, 0.1) is 11.6 Å². The summed E-state index contributed by atoms with van der Waals surface area (Å²) in [7, 11) is -1.42. The summed E-state index contributed by atoms with van der Waals surface area (Å²) >= 11 is 0. The van der Waals surface area contributed by atoms with E-state index in [4.69, 9.17) is 14.2 Å². The maximum atomic E-state index is 15.0. The van der Waals surface area contributed by atoms with Crippen molar-refractivity contribution in [3.8, 4) is 11.5 Å². The van der Waals surface area contributed by atoms with Crippen molar-refractivity contribution in [1.82, 2.24) is 19.8 Å². The Kier molecular flexibility index (Phi) is 10.5. The molecule has 44 heavy (non-hydrogen) atoms. The number of hydrogen-bond donors (Lipinski definition) is 2. The number of nitrogens with one attached hydrogen (secondary N) is 2. The van der Waals surface area contributed by atoms with Crippen LogP contribution in [-0.2, 0) is 22.4 Å². The standard InChI is InChI=1S/C29H38F5N5O4Si/c1-18-14-38(15-19(2)42-18)9-8-36-28(40)37-20-12-22(30)26(23(31)13-20)43-24-6-7-35-27-25(24)21(29(32,33)34)16-39(27)17-41-10-11-44(3,4)5/h6-7,12-13,16,18-19H,8-11,14-15,17H2,1-5H3,(H2,36,37,40). The van der Waals surface area contributed by atoms with E-state index in [1.54, 1.807) is 0 Å². The normalized spacial score (nSPS) is 18.0. The van der Waals surface area contributed by atoms with Crippen molar-refractivity contribution in [2.24, 2.45) is 0 Å². The third-order valence-corrected chi connectivity index (χ3v) is 8.63. The Morgan fingerprint density at radius 2 is 1.80 bits per heavy atom. The van der Waals surface area contributed by atoms with Crippen LogP contribution in [0.3, 0.4) is 0 Å². The summed E-state index contributed by atoms with van der Waals surface area (Å²) < 4.78 is 90.0. The molecule has 2 amide bonds. The molecule has 0 saturated carbocycles. The van der Waals surface area contributed by atoms with Crippen molar-refractivity contribution >= 4 is 30.8 Å². The lowest BCUT2D eigenvalue weighted by Crippen LogP contribution is -2.48. The molecule has 0 spiro atoms. The first-order valence-electron chi connectivity index (χ1n) is 14.3. The lowest BCUT2D eigenvalue weighted by Gasteiger charge is -2.35. The summed E-state index contributed by atoms with van der Waals surface area (Å²) in [6.07, 6.45) is -2.64. The first kappa shape index (κ1) is 33.6. The Labute approximate surface area is 253 Å². The molecular weight excluding hydrogens is 605 g/mol. The summed E-state index contributed by atoms with van der Waals surface area (Å²) in [6, 6.07) is 2.89. The van der Waals surface area contributed by atoms with Gasteiger partial charge in [-0.15, -0.1) is 0 Å². The second-order valence-corrected chi connectivity index (χ2v) is 17.8. The molecule has 3 aromatic rings. The Balaban J connectivity index is 1.46. The molecule has 2 N–H and O–H groups in total. The minimum absolute atomic E-state index is 0.0705. The van der Waals surface area contributed by atoms with Gasteiger partial charge in [-0.25, -0.2) is 18.6 Å². The Morgan fingerprint density at radius 1 is 1.14 bits per heavy atom. The number of pyridine rings is 1. The molecule has 1 aromatic carbocycles. The number of carbonyl (C=O) groups is 1. The van der Waals surface area contributed by atoms with Gasteiger partial charge in [0.2, 0.25) is 0 Å². The van der Waals surface area contributed by atoms with Gasteiger partial charge in [-0.2, -0.15) is 13.2 Å². The number of halogens is 5. The minimum Gasteiger partial charge on any atom is -0.450 e. The van der Waals surface area contributed by atoms with E-state index in [2.05, 4.69) is 40.2 Å². The Morgan fingerprint density at radius 3 is 2.41 bits per heavy atom. The van der Waals surface area contributed by atoms with Gasteiger partial charge in [-0.05, 0) is 26.0 Å². The van der Waals surface area contributed by atoms with Crippen molar-refractivity contribution < 1.29 is 41.0 Å². The van der Waals surface area contributed by atoms with Crippen molar-refractivity contribution in [2.75, 3.05) is 38.1 Å². The van der Waals surface area contributed by atoms with Crippen LogP contribution in [-0.4, -0.2) is 73.5 Å². The van der Waals surface area contributed by atoms with E-state index in [0.717, 1.165) is 43.5 Å². The van der Waals surface area contributed by atoms with E-state index >= 15 is 8.78 Å². The quantitative estimate of drug-likeness (QED) is 0.138. The van der Waals surface area contributed by atoms with Crippen LogP contribution in [0.4, 0.5) is 32.4 Å². The zero-order valence-corrected chi connectivity index (χ0v) is 26.4. The van der Waals surface area contributed by atoms with Gasteiger partial charge in [0.1, 0.15) is 18.1 Å². The van der Waals surface area contributed by atoms with Crippen LogP contribution in [0.5, 0.6) is 11.5 Å². The highest BCUT2D eigenvalue weighted by Crippen LogP contribution is 2.42. The van der Waals surface area contributed by atoms with Gasteiger partial charge in [0.15, 0.2) is 17.4 Å². The van der Waals surface area contributed by atoms with Crippen molar-refractivity contribution in [2.45, 2.75) is 64.6 Å². The first-order valence-corrected chi connectivity index (χ1v) is 18.0. The van der Waals surface area contributed by atoms with Crippen molar-refractivity contribution in [1.29, 1.82) is 0 Å². The molecule has 1 aliphatic rings. The third-order valence-electron chi connectivity index (χ3n) is 6.93. The summed E-state index contributed by atoms with van der Waals surface area (Å²) in [5, 5.41) is 4.54. The fourth-order valence-corrected chi connectivity index (χ4v) is 5.69. The average molecular weight is 644 g/mol. The van der Waals surface area contributed by atoms with Crippen LogP contribution >= 0.6 is 0 Å². The lowest BCUT2D eigenvalue weighted by molar-refractivity contribution is -0.136. The number of nitrogens with zero attached hydrogens (tertiary/aromatic N) is 3. The van der Waals surface area contributed by atoms with E-state index < -0.39 is 54.4 Å². The van der Waals surface area contributed by atoms with Gasteiger partial charge in [0.05, 0.1) is 23.2 Å². The van der Waals surface area contributed by atoms with Gasteiger partial charge >= 0.3 is 12.2 Å². The number of fused-ring (bicyclic) bond motifs is 1. The fourth-order valence-electron chi connectivity index (χ4n) is 4.94. The molecule has 2 aromatic heterocycles. The molecule has 1 fully saturated rings. The molecule has 2 atom stereocenters. The van der Waals surface area contributed by atoms with Gasteiger partial charge in [0, 0.05) is 71.1 Å². The smallest absolute Gasteiger partial charge is 0.418 e. The Bertz CT molecular complexity index is 1430. The molecule has 1 aliphatic heterocycles. The van der Waals surface area contributed by atoms with E-state index in [-0.39, 0.29) is 30.3 Å². The van der Waals surface area contributed by atoms with Crippen LogP contribution < -0.4 is 15.4 Å². The van der Waals surface area contributed by atoms with Gasteiger partial charge < -0.3 is 29.4 Å². The number of morpholine rings is 1. The number of urea groups is 1. The maximum absolute atomic E-state index is 15.0. The highest BCUT2D eigenvalue weighted by Gasteiger charge is 2.37. The van der Waals surface area contributed by atoms with E-state index in [1.807, 2.05) is 13.8 Å². The van der Waals surface area contributed by atoms with Crippen LogP contribution in [0.15, 0.2) is 30.6 Å². The fraction of sp³-hybridized carbons (Fsp3) is 0.517. The maximum Gasteiger partial charge on any atom is 0.418 e. The van der Waals surface area contributed by atoms with Crippen LogP contribution in [0.25, 0.3) is 11.0 Å². The monoisotopic (exact) mass is 643 g/mol. The lowest BCUT2D eigenvalue weighted by atomic mass is 10.2. The number of alkyl halides is 3. The number of carbonyl (C=O) groups excluding carboxylic acids is 1. The van der Waals surface area contributed by atoms with Crippen molar-refractivity contribution in [3.63, 3.8) is 0 Å². The number of anilines is 1. The molecule has 3 heterocycles. The average Bonchev–Trinajstić information content (AvgIpc) is 3.28. The summed E-state index contributed by atoms with van der Waals surface area (Å²) in [6.45, 7) is 12.9. The number of rotatable bonds is 11. The van der Waals surface area contributed by atoms with Crippen LogP contribution in [0.1, 0.15) is 19.4 Å². The molecule has 0 radical (unpaired) electrons. The van der Waals surface area contributed by atoms with E-state index in [0.29, 0.717) is 19.7 Å². The second-order valence-electron chi connectivity index (χ2n) is 12.1. The largest absolute Gasteiger partial charge is 0.450 e. The van der Waals surface area contributed by atoms with E-state index in [9.17, 15) is 18.0 Å².